The molecule has 34 valence electrons. The summed E-state index contributed by atoms with van der Waals surface area (Å²) in [5.41, 5.74) is 0. The van der Waals surface area contributed by atoms with Crippen molar-refractivity contribution in [1.29, 1.82) is 0 Å². The van der Waals surface area contributed by atoms with Crippen LogP contribution in [-0.4, -0.2) is 31.7 Å². The summed E-state index contributed by atoms with van der Waals surface area (Å²) in [7, 11) is 8.23. The summed E-state index contributed by atoms with van der Waals surface area (Å²) < 4.78 is 0. The molecule has 0 saturated heterocycles. The van der Waals surface area contributed by atoms with Crippen LogP contribution in [0.25, 0.3) is 0 Å². The number of hydrogen-bond acceptors (Lipinski definition) is 2. The SMILES string of the molecule is [Cl-].[Cl-].[Cs+].[S]=[Ga+].[S]=[Ge]. The Hall–Kier alpha value is 4.25. The van der Waals surface area contributed by atoms with Crippen LogP contribution >= 0.6 is 20.5 Å². The molecule has 0 aliphatic carbocycles. The second-order valence-electron chi connectivity index (χ2n) is 0. The van der Waals surface area contributed by atoms with Gasteiger partial charge in [0.1, 0.15) is 0 Å². The molecule has 2 radical (unpaired) electrons. The van der Waals surface area contributed by atoms with Gasteiger partial charge in [0.25, 0.3) is 0 Å². The summed E-state index contributed by atoms with van der Waals surface area (Å²) in [4.78, 5) is 0. The third-order valence-electron chi connectivity index (χ3n) is 0. The van der Waals surface area contributed by atoms with Gasteiger partial charge in [0.15, 0.2) is 0 Å². The Kier molecular flexibility index (Phi) is 210. The van der Waals surface area contributed by atoms with Gasteiger partial charge in [-0.2, -0.15) is 0 Å². The van der Waals surface area contributed by atoms with Crippen molar-refractivity contribution in [1.82, 2.24) is 0 Å². The molecule has 7 heteroatoms. The Labute approximate surface area is 141 Å². The molecule has 0 nitrogen and oxygen atoms in total. The van der Waals surface area contributed by atoms with E-state index in [0.717, 1.165) is 0 Å². The van der Waals surface area contributed by atoms with E-state index in [1.807, 2.05) is 0 Å². The third-order valence-corrected chi connectivity index (χ3v) is 0. The Morgan fingerprint density at radius 3 is 1.00 bits per heavy atom. The van der Waals surface area contributed by atoms with E-state index in [9.17, 15) is 0 Å². The van der Waals surface area contributed by atoms with E-state index in [0.29, 0.717) is 0 Å². The van der Waals surface area contributed by atoms with Crippen LogP contribution in [0.1, 0.15) is 0 Å². The Morgan fingerprint density at radius 2 is 1.00 bits per heavy atom. The van der Waals surface area contributed by atoms with Crippen LogP contribution in [0.4, 0.5) is 0 Å². The maximum absolute atomic E-state index is 4.15. The fourth-order valence-electron chi connectivity index (χ4n) is 0. The molecule has 0 bridgehead atoms. The summed E-state index contributed by atoms with van der Waals surface area (Å²) in [6.07, 6.45) is 0. The molecule has 0 spiro atoms. The second kappa shape index (κ2) is 48.5. The standard InChI is InChI=1S/2ClH.Cs.Ga.GeS.S/c;;;;1-2;/h2*1H;;;;/q;;2*+1;;/p-2. The van der Waals surface area contributed by atoms with E-state index in [4.69, 9.17) is 0 Å². The number of halogens is 2. The monoisotopic (exact) mass is 410 g/mol. The fourth-order valence-corrected chi connectivity index (χ4v) is 0. The molecule has 0 heterocycles. The molecule has 0 amide bonds. The summed E-state index contributed by atoms with van der Waals surface area (Å²) in [6.45, 7) is 0. The minimum absolute atomic E-state index is 0. The van der Waals surface area contributed by atoms with Gasteiger partial charge in [0.05, 0.1) is 0 Å². The second-order valence-corrected chi connectivity index (χ2v) is 0. The summed E-state index contributed by atoms with van der Waals surface area (Å²) in [6, 6.07) is 0. The van der Waals surface area contributed by atoms with E-state index in [-0.39, 0.29) is 93.7 Å². The molecule has 0 aromatic rings. The number of hydrogen-bond donors (Lipinski definition) is 0. The van der Waals surface area contributed by atoms with Gasteiger partial charge in [-0.05, 0) is 0 Å². The molecular formula is Cl2CsGaGeS2. The summed E-state index contributed by atoms with van der Waals surface area (Å²) >= 11 is 2.85. The normalized spacial score (nSPS) is 1.43. The first-order valence-electron chi connectivity index (χ1n) is 0.440. The molecule has 0 aromatic carbocycles. The van der Waals surface area contributed by atoms with Crippen LogP contribution in [0, 0.1) is 0 Å². The molecule has 0 unspecified atom stereocenters. The summed E-state index contributed by atoms with van der Waals surface area (Å²) in [5.74, 6) is 0. The van der Waals surface area contributed by atoms with Gasteiger partial charge in [0.2, 0.25) is 0 Å². The first kappa shape index (κ1) is 30.3. The third kappa shape index (κ3) is 38.6. The van der Waals surface area contributed by atoms with Gasteiger partial charge < -0.3 is 24.8 Å². The summed E-state index contributed by atoms with van der Waals surface area (Å²) in [5, 5.41) is 0. The van der Waals surface area contributed by atoms with Crippen molar-refractivity contribution >= 4 is 52.2 Å². The van der Waals surface area contributed by atoms with Gasteiger partial charge in [-0.25, -0.2) is 0 Å². The van der Waals surface area contributed by atoms with Crippen molar-refractivity contribution < 1.29 is 93.7 Å². The fraction of sp³-hybridized carbons (Fsp3) is 0. The first-order chi connectivity index (χ1) is 2.00. The van der Waals surface area contributed by atoms with Crippen molar-refractivity contribution in [2.75, 3.05) is 0 Å². The molecular weight excluding hydrogens is 410 g/mol. The molecule has 0 saturated carbocycles. The van der Waals surface area contributed by atoms with Crippen LogP contribution in [0.3, 0.4) is 0 Å². The Morgan fingerprint density at radius 1 is 1.00 bits per heavy atom. The predicted molar refractivity (Wildman–Crippen MR) is 26.7 cm³/mol. The molecule has 0 aliphatic rings. The van der Waals surface area contributed by atoms with E-state index >= 15 is 0 Å². The predicted octanol–water partition coefficient (Wildman–Crippen LogP) is -8.45. The molecule has 0 N–H and O–H groups in total. The minimum atomic E-state index is 0. The maximum atomic E-state index is 4.15. The average Bonchev–Trinajstić information content (AvgIpc) is 1.50. The molecule has 7 heavy (non-hydrogen) atoms. The Balaban J connectivity index is -0.00000000267. The van der Waals surface area contributed by atoms with Gasteiger partial charge in [-0.1, -0.05) is 0 Å². The van der Waals surface area contributed by atoms with Crippen LogP contribution in [-0.2, 0) is 0 Å². The van der Waals surface area contributed by atoms with E-state index in [1.54, 1.807) is 14.9 Å². The van der Waals surface area contributed by atoms with Crippen LogP contribution in [0.2, 0.25) is 0 Å². The van der Waals surface area contributed by atoms with Crippen molar-refractivity contribution in [3.8, 4) is 0 Å². The average molecular weight is 410 g/mol. The van der Waals surface area contributed by atoms with E-state index in [1.165, 1.54) is 16.8 Å². The van der Waals surface area contributed by atoms with Gasteiger partial charge in [0, 0.05) is 0 Å². The molecule has 0 fully saturated rings. The zero-order valence-electron chi connectivity index (χ0n) is 3.65. The van der Waals surface area contributed by atoms with Crippen molar-refractivity contribution in [2.45, 2.75) is 0 Å². The van der Waals surface area contributed by atoms with Gasteiger partial charge >= 0.3 is 121 Å². The zero-order valence-corrected chi connectivity index (χ0v) is 17.6. The topological polar surface area (TPSA) is 0 Å². The Bertz CT molecular complexity index is 17.7. The van der Waals surface area contributed by atoms with Crippen LogP contribution < -0.4 is 93.7 Å². The van der Waals surface area contributed by atoms with Gasteiger partial charge in [-0.15, -0.1) is 0 Å². The van der Waals surface area contributed by atoms with Gasteiger partial charge in [-0.3, -0.25) is 0 Å². The molecule has 0 aliphatic heterocycles. The van der Waals surface area contributed by atoms with Crippen LogP contribution in [0.15, 0.2) is 0 Å². The van der Waals surface area contributed by atoms with Crippen LogP contribution in [0.5, 0.6) is 0 Å². The van der Waals surface area contributed by atoms with Crippen molar-refractivity contribution in [2.24, 2.45) is 0 Å². The quantitative estimate of drug-likeness (QED) is 0.364. The van der Waals surface area contributed by atoms with E-state index in [2.05, 4.69) is 20.5 Å². The molecule has 0 aromatic heterocycles. The van der Waals surface area contributed by atoms with Crippen molar-refractivity contribution in [3.63, 3.8) is 0 Å². The molecule has 0 atom stereocenters. The first-order valence-corrected chi connectivity index (χ1v) is 6.86. The van der Waals surface area contributed by atoms with Crippen molar-refractivity contribution in [3.05, 3.63) is 0 Å². The molecule has 0 rings (SSSR count). The number of rotatable bonds is 0. The zero-order chi connectivity index (χ0) is 4.00. The van der Waals surface area contributed by atoms with E-state index < -0.39 is 0 Å².